The maximum Gasteiger partial charge on any atom is 0.128 e. The highest BCUT2D eigenvalue weighted by molar-refractivity contribution is 7.99. The van der Waals surface area contributed by atoms with Crippen molar-refractivity contribution in [3.8, 4) is 17.2 Å². The minimum absolute atomic E-state index is 0.399. The van der Waals surface area contributed by atoms with Crippen molar-refractivity contribution in [1.82, 2.24) is 9.97 Å². The Labute approximate surface area is 131 Å². The van der Waals surface area contributed by atoms with E-state index < -0.39 is 0 Å². The van der Waals surface area contributed by atoms with Crippen molar-refractivity contribution < 1.29 is 0 Å². The van der Waals surface area contributed by atoms with E-state index in [9.17, 15) is 0 Å². The Morgan fingerprint density at radius 3 is 2.76 bits per heavy atom. The number of nitriles is 1. The molecule has 0 aliphatic carbocycles. The van der Waals surface area contributed by atoms with Crippen LogP contribution in [0.3, 0.4) is 0 Å². The number of hydrogen-bond donors (Lipinski definition) is 0. The van der Waals surface area contributed by atoms with Gasteiger partial charge in [-0.15, -0.1) is 11.3 Å². The zero-order chi connectivity index (χ0) is 14.7. The van der Waals surface area contributed by atoms with Crippen molar-refractivity contribution in [3.05, 3.63) is 41.5 Å². The lowest BCUT2D eigenvalue weighted by molar-refractivity contribution is 1.11. The monoisotopic (exact) mass is 311 g/mol. The number of thiophene rings is 1. The van der Waals surface area contributed by atoms with Crippen molar-refractivity contribution in [2.45, 2.75) is 18.4 Å². The molecule has 2 aromatic heterocycles. The number of nitrogens with zero attached hydrogens (tertiary/aromatic N) is 3. The van der Waals surface area contributed by atoms with Crippen LogP contribution in [0.2, 0.25) is 0 Å². The second kappa shape index (κ2) is 6.25. The second-order valence-corrected chi connectivity index (χ2v) is 6.33. The average molecular weight is 311 g/mol. The third-order valence-electron chi connectivity index (χ3n) is 3.28. The predicted molar refractivity (Wildman–Crippen MR) is 88.6 cm³/mol. The summed E-state index contributed by atoms with van der Waals surface area (Å²) in [6.07, 6.45) is 2.61. The molecule has 0 radical (unpaired) electrons. The van der Waals surface area contributed by atoms with E-state index in [4.69, 9.17) is 5.26 Å². The third kappa shape index (κ3) is 2.78. The van der Waals surface area contributed by atoms with Gasteiger partial charge in [0.2, 0.25) is 0 Å². The standard InChI is InChI=1S/C16H13N3S2/c1-2-11-3-5-12(6-4-11)13-9-21-16-14(13)15(18-10-19-16)20-8-7-17/h3-6,9-10H,2,8H2,1H3. The van der Waals surface area contributed by atoms with Crippen LogP contribution in [-0.4, -0.2) is 15.7 Å². The maximum absolute atomic E-state index is 8.78. The van der Waals surface area contributed by atoms with Crippen LogP contribution in [0.4, 0.5) is 0 Å². The topological polar surface area (TPSA) is 49.6 Å². The molecule has 0 fully saturated rings. The van der Waals surface area contributed by atoms with Crippen molar-refractivity contribution in [3.63, 3.8) is 0 Å². The van der Waals surface area contributed by atoms with Crippen molar-refractivity contribution >= 4 is 33.3 Å². The van der Waals surface area contributed by atoms with E-state index in [2.05, 4.69) is 52.6 Å². The Morgan fingerprint density at radius 2 is 2.05 bits per heavy atom. The fourth-order valence-electron chi connectivity index (χ4n) is 2.19. The molecule has 5 heteroatoms. The molecule has 0 aliphatic rings. The van der Waals surface area contributed by atoms with Crippen LogP contribution < -0.4 is 0 Å². The van der Waals surface area contributed by atoms with E-state index >= 15 is 0 Å². The predicted octanol–water partition coefficient (Wildman–Crippen LogP) is 4.54. The van der Waals surface area contributed by atoms with Crippen molar-refractivity contribution in [2.24, 2.45) is 0 Å². The molecular formula is C16H13N3S2. The van der Waals surface area contributed by atoms with Crippen LogP contribution in [0.25, 0.3) is 21.3 Å². The Bertz CT molecular complexity index is 800. The average Bonchev–Trinajstić information content (AvgIpc) is 2.97. The normalized spacial score (nSPS) is 10.7. The minimum atomic E-state index is 0.399. The first-order valence-corrected chi connectivity index (χ1v) is 8.51. The summed E-state index contributed by atoms with van der Waals surface area (Å²) < 4.78 is 0. The zero-order valence-corrected chi connectivity index (χ0v) is 13.2. The molecule has 0 unspecified atom stereocenters. The molecule has 0 bridgehead atoms. The van der Waals surface area contributed by atoms with Gasteiger partial charge in [-0.2, -0.15) is 5.26 Å². The van der Waals surface area contributed by atoms with E-state index in [-0.39, 0.29) is 0 Å². The molecule has 0 saturated heterocycles. The molecule has 2 heterocycles. The summed E-state index contributed by atoms with van der Waals surface area (Å²) in [5.41, 5.74) is 3.65. The summed E-state index contributed by atoms with van der Waals surface area (Å²) in [7, 11) is 0. The van der Waals surface area contributed by atoms with Gasteiger partial charge in [-0.05, 0) is 17.5 Å². The van der Waals surface area contributed by atoms with Crippen molar-refractivity contribution in [1.29, 1.82) is 5.26 Å². The Hall–Kier alpha value is -1.90. The maximum atomic E-state index is 8.78. The van der Waals surface area contributed by atoms with E-state index in [0.717, 1.165) is 27.2 Å². The summed E-state index contributed by atoms with van der Waals surface area (Å²) in [5.74, 6) is 0.399. The number of fused-ring (bicyclic) bond motifs is 1. The van der Waals surface area contributed by atoms with Gasteiger partial charge in [0, 0.05) is 10.9 Å². The van der Waals surface area contributed by atoms with Gasteiger partial charge in [0.05, 0.1) is 17.2 Å². The van der Waals surface area contributed by atoms with Crippen LogP contribution in [0.1, 0.15) is 12.5 Å². The molecule has 0 N–H and O–H groups in total. The van der Waals surface area contributed by atoms with Gasteiger partial charge in [-0.25, -0.2) is 9.97 Å². The van der Waals surface area contributed by atoms with Gasteiger partial charge in [0.15, 0.2) is 0 Å². The number of aromatic nitrogens is 2. The van der Waals surface area contributed by atoms with E-state index in [1.54, 1.807) is 17.7 Å². The first kappa shape index (κ1) is 14.1. The molecular weight excluding hydrogens is 298 g/mol. The lowest BCUT2D eigenvalue weighted by atomic mass is 10.0. The van der Waals surface area contributed by atoms with Crippen LogP contribution in [0, 0.1) is 11.3 Å². The van der Waals surface area contributed by atoms with Crippen molar-refractivity contribution in [2.75, 3.05) is 5.75 Å². The molecule has 3 nitrogen and oxygen atoms in total. The Kier molecular flexibility index (Phi) is 4.18. The molecule has 104 valence electrons. The van der Waals surface area contributed by atoms with Gasteiger partial charge in [0.1, 0.15) is 16.2 Å². The van der Waals surface area contributed by atoms with E-state index in [1.165, 1.54) is 22.9 Å². The van der Waals surface area contributed by atoms with E-state index in [0.29, 0.717) is 5.75 Å². The van der Waals surface area contributed by atoms with Crippen LogP contribution in [-0.2, 0) is 6.42 Å². The summed E-state index contributed by atoms with van der Waals surface area (Å²) in [6, 6.07) is 10.8. The van der Waals surface area contributed by atoms with Gasteiger partial charge in [-0.1, -0.05) is 43.0 Å². The molecule has 3 rings (SSSR count). The largest absolute Gasteiger partial charge is 0.229 e. The number of thioether (sulfide) groups is 1. The lowest BCUT2D eigenvalue weighted by Crippen LogP contribution is -1.87. The highest BCUT2D eigenvalue weighted by Crippen LogP contribution is 2.37. The van der Waals surface area contributed by atoms with E-state index in [1.807, 2.05) is 0 Å². The highest BCUT2D eigenvalue weighted by Gasteiger charge is 2.13. The van der Waals surface area contributed by atoms with Crippen LogP contribution >= 0.6 is 23.1 Å². The Morgan fingerprint density at radius 1 is 1.24 bits per heavy atom. The lowest BCUT2D eigenvalue weighted by Gasteiger charge is -2.04. The van der Waals surface area contributed by atoms with Gasteiger partial charge in [-0.3, -0.25) is 0 Å². The van der Waals surface area contributed by atoms with Gasteiger partial charge < -0.3 is 0 Å². The fraction of sp³-hybridized carbons (Fsp3) is 0.188. The molecule has 0 atom stereocenters. The molecule has 0 spiro atoms. The summed E-state index contributed by atoms with van der Waals surface area (Å²) in [6.45, 7) is 2.15. The van der Waals surface area contributed by atoms with Crippen LogP contribution in [0.5, 0.6) is 0 Å². The molecule has 0 amide bonds. The molecule has 0 saturated carbocycles. The quantitative estimate of drug-likeness (QED) is 0.524. The number of rotatable bonds is 4. The number of aryl methyl sites for hydroxylation is 1. The summed E-state index contributed by atoms with van der Waals surface area (Å²) in [5, 5.41) is 12.9. The summed E-state index contributed by atoms with van der Waals surface area (Å²) in [4.78, 5) is 9.66. The zero-order valence-electron chi connectivity index (χ0n) is 11.5. The second-order valence-electron chi connectivity index (χ2n) is 4.51. The minimum Gasteiger partial charge on any atom is -0.229 e. The smallest absolute Gasteiger partial charge is 0.128 e. The fourth-order valence-corrected chi connectivity index (χ4v) is 3.84. The number of benzene rings is 1. The highest BCUT2D eigenvalue weighted by atomic mass is 32.2. The first-order chi connectivity index (χ1) is 10.3. The molecule has 1 aromatic carbocycles. The van der Waals surface area contributed by atoms with Crippen LogP contribution in [0.15, 0.2) is 41.0 Å². The molecule has 0 aliphatic heterocycles. The van der Waals surface area contributed by atoms with Gasteiger partial charge in [0.25, 0.3) is 0 Å². The first-order valence-electron chi connectivity index (χ1n) is 6.64. The van der Waals surface area contributed by atoms with Gasteiger partial charge >= 0.3 is 0 Å². The summed E-state index contributed by atoms with van der Waals surface area (Å²) >= 11 is 3.08. The third-order valence-corrected chi connectivity index (χ3v) is 5.02. The number of hydrogen-bond acceptors (Lipinski definition) is 5. The molecule has 21 heavy (non-hydrogen) atoms. The Balaban J connectivity index is 2.11. The SMILES string of the molecule is CCc1ccc(-c2csc3ncnc(SCC#N)c23)cc1. The molecule has 3 aromatic rings.